The van der Waals surface area contributed by atoms with Crippen LogP contribution in [0.15, 0.2) is 0 Å². The molecule has 0 aromatic carbocycles. The summed E-state index contributed by atoms with van der Waals surface area (Å²) in [7, 11) is 2.21. The SMILES string of the molecule is CC(CN)CCN1CCCN(C)CC1. The summed E-state index contributed by atoms with van der Waals surface area (Å²) in [5, 5.41) is 0. The van der Waals surface area contributed by atoms with Crippen molar-refractivity contribution in [3.05, 3.63) is 0 Å². The Hall–Kier alpha value is -0.120. The average Bonchev–Trinajstić information content (AvgIpc) is 2.39. The van der Waals surface area contributed by atoms with Crippen LogP contribution >= 0.6 is 0 Å². The molecule has 0 radical (unpaired) electrons. The van der Waals surface area contributed by atoms with Crippen LogP contribution < -0.4 is 5.73 Å². The highest BCUT2D eigenvalue weighted by molar-refractivity contribution is 4.68. The van der Waals surface area contributed by atoms with E-state index in [1.165, 1.54) is 45.6 Å². The third-order valence-electron chi connectivity index (χ3n) is 3.15. The highest BCUT2D eigenvalue weighted by atomic mass is 15.2. The Balaban J connectivity index is 2.17. The topological polar surface area (TPSA) is 32.5 Å². The lowest BCUT2D eigenvalue weighted by atomic mass is 10.1. The van der Waals surface area contributed by atoms with E-state index in [4.69, 9.17) is 5.73 Å². The molecule has 1 fully saturated rings. The largest absolute Gasteiger partial charge is 0.330 e. The Bertz CT molecular complexity index is 149. The fraction of sp³-hybridized carbons (Fsp3) is 1.00. The second kappa shape index (κ2) is 6.38. The number of nitrogens with zero attached hydrogens (tertiary/aromatic N) is 2. The first-order valence-electron chi connectivity index (χ1n) is 5.83. The van der Waals surface area contributed by atoms with Crippen molar-refractivity contribution in [1.29, 1.82) is 0 Å². The van der Waals surface area contributed by atoms with Gasteiger partial charge < -0.3 is 15.5 Å². The first-order valence-corrected chi connectivity index (χ1v) is 5.83. The van der Waals surface area contributed by atoms with Crippen LogP contribution in [0, 0.1) is 5.92 Å². The molecule has 1 unspecified atom stereocenters. The molecular formula is C11H25N3. The van der Waals surface area contributed by atoms with Gasteiger partial charge in [-0.25, -0.2) is 0 Å². The van der Waals surface area contributed by atoms with Crippen molar-refractivity contribution < 1.29 is 0 Å². The minimum atomic E-state index is 0.677. The maximum atomic E-state index is 5.61. The van der Waals surface area contributed by atoms with E-state index in [1.807, 2.05) is 0 Å². The summed E-state index contributed by atoms with van der Waals surface area (Å²) in [6, 6.07) is 0. The lowest BCUT2D eigenvalue weighted by Gasteiger charge is -2.21. The smallest absolute Gasteiger partial charge is 0.0109 e. The molecule has 1 aliphatic rings. The highest BCUT2D eigenvalue weighted by Gasteiger charge is 2.12. The molecule has 3 heteroatoms. The van der Waals surface area contributed by atoms with Gasteiger partial charge in [-0.3, -0.25) is 0 Å². The molecule has 0 aromatic heterocycles. The van der Waals surface area contributed by atoms with E-state index in [0.717, 1.165) is 6.54 Å². The maximum absolute atomic E-state index is 5.61. The van der Waals surface area contributed by atoms with Gasteiger partial charge in [-0.05, 0) is 52.0 Å². The molecule has 0 spiro atoms. The van der Waals surface area contributed by atoms with E-state index < -0.39 is 0 Å². The van der Waals surface area contributed by atoms with Crippen LogP contribution in [0.5, 0.6) is 0 Å². The van der Waals surface area contributed by atoms with E-state index >= 15 is 0 Å². The molecule has 1 heterocycles. The quantitative estimate of drug-likeness (QED) is 0.720. The van der Waals surface area contributed by atoms with E-state index in [0.29, 0.717) is 5.92 Å². The highest BCUT2D eigenvalue weighted by Crippen LogP contribution is 2.05. The van der Waals surface area contributed by atoms with Gasteiger partial charge in [0.05, 0.1) is 0 Å². The summed E-state index contributed by atoms with van der Waals surface area (Å²) in [4.78, 5) is 5.00. The van der Waals surface area contributed by atoms with Crippen LogP contribution in [0.3, 0.4) is 0 Å². The monoisotopic (exact) mass is 199 g/mol. The van der Waals surface area contributed by atoms with Crippen molar-refractivity contribution >= 4 is 0 Å². The Morgan fingerprint density at radius 3 is 2.71 bits per heavy atom. The molecule has 0 amide bonds. The minimum Gasteiger partial charge on any atom is -0.330 e. The Labute approximate surface area is 88.2 Å². The van der Waals surface area contributed by atoms with Crippen LogP contribution in [0.2, 0.25) is 0 Å². The van der Waals surface area contributed by atoms with E-state index in [1.54, 1.807) is 0 Å². The molecule has 1 atom stereocenters. The normalized spacial score (nSPS) is 23.4. The van der Waals surface area contributed by atoms with Crippen molar-refractivity contribution in [2.75, 3.05) is 46.3 Å². The number of likely N-dealkylation sites (N-methyl/N-ethyl adjacent to an activating group) is 1. The Morgan fingerprint density at radius 2 is 2.00 bits per heavy atom. The molecule has 0 saturated carbocycles. The van der Waals surface area contributed by atoms with Gasteiger partial charge in [-0.15, -0.1) is 0 Å². The molecule has 1 aliphatic heterocycles. The van der Waals surface area contributed by atoms with Crippen molar-refractivity contribution in [1.82, 2.24) is 9.80 Å². The minimum absolute atomic E-state index is 0.677. The summed E-state index contributed by atoms with van der Waals surface area (Å²) in [6.07, 6.45) is 2.56. The molecule has 3 nitrogen and oxygen atoms in total. The number of hydrogen-bond acceptors (Lipinski definition) is 3. The van der Waals surface area contributed by atoms with Gasteiger partial charge in [0.2, 0.25) is 0 Å². The van der Waals surface area contributed by atoms with E-state index in [2.05, 4.69) is 23.8 Å². The number of rotatable bonds is 4. The number of hydrogen-bond donors (Lipinski definition) is 1. The Morgan fingerprint density at radius 1 is 1.21 bits per heavy atom. The lowest BCUT2D eigenvalue weighted by molar-refractivity contribution is 0.259. The molecule has 0 aliphatic carbocycles. The Kier molecular flexibility index (Phi) is 5.45. The second-order valence-electron chi connectivity index (χ2n) is 4.63. The zero-order chi connectivity index (χ0) is 10.4. The molecular weight excluding hydrogens is 174 g/mol. The van der Waals surface area contributed by atoms with Crippen molar-refractivity contribution in [3.8, 4) is 0 Å². The summed E-state index contributed by atoms with van der Waals surface area (Å²) in [6.45, 7) is 9.26. The molecule has 0 bridgehead atoms. The van der Waals surface area contributed by atoms with Crippen LogP contribution in [-0.4, -0.2) is 56.1 Å². The first kappa shape index (κ1) is 12.0. The number of nitrogens with two attached hydrogens (primary N) is 1. The molecule has 1 rings (SSSR count). The van der Waals surface area contributed by atoms with Gasteiger partial charge in [0.15, 0.2) is 0 Å². The van der Waals surface area contributed by atoms with Crippen molar-refractivity contribution in [2.24, 2.45) is 11.7 Å². The third-order valence-corrected chi connectivity index (χ3v) is 3.15. The summed E-state index contributed by atoms with van der Waals surface area (Å²) < 4.78 is 0. The third kappa shape index (κ3) is 4.40. The summed E-state index contributed by atoms with van der Waals surface area (Å²) in [5.74, 6) is 0.677. The van der Waals surface area contributed by atoms with Crippen molar-refractivity contribution in [3.63, 3.8) is 0 Å². The summed E-state index contributed by atoms with van der Waals surface area (Å²) in [5.41, 5.74) is 5.61. The summed E-state index contributed by atoms with van der Waals surface area (Å²) >= 11 is 0. The first-order chi connectivity index (χ1) is 6.72. The fourth-order valence-electron chi connectivity index (χ4n) is 1.84. The van der Waals surface area contributed by atoms with Gasteiger partial charge >= 0.3 is 0 Å². The van der Waals surface area contributed by atoms with Crippen LogP contribution in [0.25, 0.3) is 0 Å². The van der Waals surface area contributed by atoms with E-state index in [9.17, 15) is 0 Å². The van der Waals surface area contributed by atoms with Crippen molar-refractivity contribution in [2.45, 2.75) is 19.8 Å². The average molecular weight is 199 g/mol. The maximum Gasteiger partial charge on any atom is 0.0109 e. The second-order valence-corrected chi connectivity index (χ2v) is 4.63. The van der Waals surface area contributed by atoms with Crippen LogP contribution in [-0.2, 0) is 0 Å². The van der Waals surface area contributed by atoms with Crippen LogP contribution in [0.1, 0.15) is 19.8 Å². The van der Waals surface area contributed by atoms with Gasteiger partial charge in [-0.2, -0.15) is 0 Å². The predicted octanol–water partition coefficient (Wildman–Crippen LogP) is 0.609. The van der Waals surface area contributed by atoms with Gasteiger partial charge in [-0.1, -0.05) is 6.92 Å². The molecule has 2 N–H and O–H groups in total. The van der Waals surface area contributed by atoms with E-state index in [-0.39, 0.29) is 0 Å². The lowest BCUT2D eigenvalue weighted by Crippen LogP contribution is -2.31. The molecule has 0 aromatic rings. The predicted molar refractivity (Wildman–Crippen MR) is 61.4 cm³/mol. The zero-order valence-electron chi connectivity index (χ0n) is 9.71. The van der Waals surface area contributed by atoms with Gasteiger partial charge in [0, 0.05) is 13.1 Å². The van der Waals surface area contributed by atoms with Gasteiger partial charge in [0.1, 0.15) is 0 Å². The molecule has 14 heavy (non-hydrogen) atoms. The van der Waals surface area contributed by atoms with Gasteiger partial charge in [0.25, 0.3) is 0 Å². The molecule has 84 valence electrons. The fourth-order valence-corrected chi connectivity index (χ4v) is 1.84. The standard InChI is InChI=1S/C11H25N3/c1-11(10-12)4-7-14-6-3-5-13(2)8-9-14/h11H,3-10,12H2,1-2H3. The molecule has 1 saturated heterocycles. The van der Waals surface area contributed by atoms with Crippen LogP contribution in [0.4, 0.5) is 0 Å². The zero-order valence-corrected chi connectivity index (χ0v) is 9.71.